The lowest BCUT2D eigenvalue weighted by atomic mass is 10.2. The van der Waals surface area contributed by atoms with E-state index in [4.69, 9.17) is 0 Å². The molecule has 28 heavy (non-hydrogen) atoms. The highest BCUT2D eigenvalue weighted by atomic mass is 32.1. The number of piperazine rings is 1. The van der Waals surface area contributed by atoms with Gasteiger partial charge in [0.05, 0.1) is 23.3 Å². The molecule has 3 aromatic rings. The third-order valence-corrected chi connectivity index (χ3v) is 5.78. The molecule has 0 bridgehead atoms. The summed E-state index contributed by atoms with van der Waals surface area (Å²) in [5.41, 5.74) is 0.639. The van der Waals surface area contributed by atoms with E-state index < -0.39 is 17.5 Å². The van der Waals surface area contributed by atoms with Crippen molar-refractivity contribution in [3.05, 3.63) is 59.1 Å². The Morgan fingerprint density at radius 3 is 2.39 bits per heavy atom. The predicted octanol–water partition coefficient (Wildman–Crippen LogP) is 3.33. The fraction of sp³-hybridized carbons (Fsp3) is 0.300. The Hall–Kier alpha value is -2.42. The summed E-state index contributed by atoms with van der Waals surface area (Å²) in [6.07, 6.45) is 0. The highest BCUT2D eigenvalue weighted by molar-refractivity contribution is 7.18. The summed E-state index contributed by atoms with van der Waals surface area (Å²) in [4.78, 5) is 21.1. The number of amides is 1. The summed E-state index contributed by atoms with van der Waals surface area (Å²) in [5.74, 6) is -1.95. The summed E-state index contributed by atoms with van der Waals surface area (Å²) in [6, 6.07) is 11.6. The number of hydrogen-bond acceptors (Lipinski definition) is 5. The Labute approximate surface area is 165 Å². The third-order valence-electron chi connectivity index (χ3n) is 4.76. The van der Waals surface area contributed by atoms with Crippen LogP contribution >= 0.6 is 11.3 Å². The van der Waals surface area contributed by atoms with Gasteiger partial charge in [-0.25, -0.2) is 13.8 Å². The topological polar surface area (TPSA) is 48.5 Å². The molecule has 1 aliphatic rings. The third kappa shape index (κ3) is 4.35. The Morgan fingerprint density at radius 2 is 1.68 bits per heavy atom. The van der Waals surface area contributed by atoms with Gasteiger partial charge in [-0.2, -0.15) is 0 Å². The van der Waals surface area contributed by atoms with E-state index in [1.165, 1.54) is 10.8 Å². The average Bonchev–Trinajstić information content (AvgIpc) is 3.09. The molecule has 2 heterocycles. The second-order valence-corrected chi connectivity index (χ2v) is 7.89. The van der Waals surface area contributed by atoms with Crippen molar-refractivity contribution in [2.45, 2.75) is 6.54 Å². The quantitative estimate of drug-likeness (QED) is 0.711. The number of hydrogen-bond donors (Lipinski definition) is 1. The molecule has 1 aromatic heterocycles. The van der Waals surface area contributed by atoms with Crippen LogP contribution < -0.4 is 5.32 Å². The normalized spacial score (nSPS) is 15.8. The molecule has 0 radical (unpaired) electrons. The lowest BCUT2D eigenvalue weighted by Crippen LogP contribution is -2.48. The molecule has 5 nitrogen and oxygen atoms in total. The van der Waals surface area contributed by atoms with Crippen molar-refractivity contribution < 1.29 is 13.6 Å². The average molecular weight is 402 g/mol. The molecule has 2 aromatic carbocycles. The first-order chi connectivity index (χ1) is 13.6. The number of carbonyl (C=O) groups is 1. The number of carbonyl (C=O) groups excluding carboxylic acids is 1. The molecule has 1 fully saturated rings. The first-order valence-electron chi connectivity index (χ1n) is 9.11. The van der Waals surface area contributed by atoms with Crippen LogP contribution in [0.3, 0.4) is 0 Å². The molecule has 1 saturated heterocycles. The van der Waals surface area contributed by atoms with Crippen LogP contribution in [-0.4, -0.2) is 53.4 Å². The number of thiazole rings is 1. The van der Waals surface area contributed by atoms with E-state index >= 15 is 0 Å². The van der Waals surface area contributed by atoms with E-state index in [-0.39, 0.29) is 12.2 Å². The molecule has 0 spiro atoms. The number of nitrogens with one attached hydrogen (secondary N) is 1. The van der Waals surface area contributed by atoms with Gasteiger partial charge in [0, 0.05) is 26.2 Å². The highest BCUT2D eigenvalue weighted by Crippen LogP contribution is 2.23. The van der Waals surface area contributed by atoms with Crippen LogP contribution in [0.5, 0.6) is 0 Å². The molecule has 0 saturated carbocycles. The molecule has 4 rings (SSSR count). The van der Waals surface area contributed by atoms with Gasteiger partial charge in [0.2, 0.25) is 5.91 Å². The number of anilines is 1. The van der Waals surface area contributed by atoms with Gasteiger partial charge < -0.3 is 5.32 Å². The maximum atomic E-state index is 13.6. The fourth-order valence-electron chi connectivity index (χ4n) is 3.28. The van der Waals surface area contributed by atoms with E-state index in [0.717, 1.165) is 55.4 Å². The molecule has 1 aliphatic heterocycles. The van der Waals surface area contributed by atoms with Crippen molar-refractivity contribution in [3.63, 3.8) is 0 Å². The zero-order valence-electron chi connectivity index (χ0n) is 15.2. The van der Waals surface area contributed by atoms with E-state index in [9.17, 15) is 13.6 Å². The van der Waals surface area contributed by atoms with Gasteiger partial charge in [0.25, 0.3) is 0 Å². The van der Waals surface area contributed by atoms with Crippen molar-refractivity contribution >= 4 is 33.1 Å². The van der Waals surface area contributed by atoms with Crippen molar-refractivity contribution in [2.24, 2.45) is 0 Å². The Bertz CT molecular complexity index is 932. The first-order valence-corrected chi connectivity index (χ1v) is 9.93. The summed E-state index contributed by atoms with van der Waals surface area (Å²) < 4.78 is 28.5. The van der Waals surface area contributed by atoms with Crippen molar-refractivity contribution in [1.82, 2.24) is 14.8 Å². The fourth-order valence-corrected chi connectivity index (χ4v) is 4.29. The summed E-state index contributed by atoms with van der Waals surface area (Å²) in [5, 5.41) is 3.42. The largest absolute Gasteiger partial charge is 0.320 e. The minimum Gasteiger partial charge on any atom is -0.320 e. The molecule has 0 aliphatic carbocycles. The van der Waals surface area contributed by atoms with Crippen LogP contribution in [0, 0.1) is 11.6 Å². The minimum absolute atomic E-state index is 0.114. The van der Waals surface area contributed by atoms with Gasteiger partial charge >= 0.3 is 0 Å². The minimum atomic E-state index is -0.769. The maximum absolute atomic E-state index is 13.6. The van der Waals surface area contributed by atoms with Crippen molar-refractivity contribution in [1.29, 1.82) is 0 Å². The lowest BCUT2D eigenvalue weighted by molar-refractivity contribution is -0.117. The Morgan fingerprint density at radius 1 is 1.00 bits per heavy atom. The van der Waals surface area contributed by atoms with Crippen molar-refractivity contribution in [2.75, 3.05) is 38.0 Å². The highest BCUT2D eigenvalue weighted by Gasteiger charge is 2.21. The SMILES string of the molecule is O=C(CN1CCN(Cc2nc3ccccc3s2)CC1)Nc1c(F)cccc1F. The second kappa shape index (κ2) is 8.30. The molecule has 1 N–H and O–H groups in total. The Kier molecular flexibility index (Phi) is 5.61. The van der Waals surface area contributed by atoms with Gasteiger partial charge in [-0.1, -0.05) is 18.2 Å². The number of benzene rings is 2. The van der Waals surface area contributed by atoms with Crippen LogP contribution in [-0.2, 0) is 11.3 Å². The molecular formula is C20H20F2N4OS. The summed E-state index contributed by atoms with van der Waals surface area (Å²) in [6.45, 7) is 3.98. The number of fused-ring (bicyclic) bond motifs is 1. The Balaban J connectivity index is 1.27. The van der Waals surface area contributed by atoms with Crippen LogP contribution in [0.15, 0.2) is 42.5 Å². The zero-order valence-corrected chi connectivity index (χ0v) is 16.0. The first kappa shape index (κ1) is 18.9. The van der Waals surface area contributed by atoms with Crippen molar-refractivity contribution in [3.8, 4) is 0 Å². The smallest absolute Gasteiger partial charge is 0.238 e. The van der Waals surface area contributed by atoms with Crippen LogP contribution in [0.25, 0.3) is 10.2 Å². The standard InChI is InChI=1S/C20H20F2N4OS/c21-14-4-3-5-15(22)20(14)24-18(27)12-25-8-10-26(11-9-25)13-19-23-16-6-1-2-7-17(16)28-19/h1-7H,8-13H2,(H,24,27). The number of aromatic nitrogens is 1. The van der Waals surface area contributed by atoms with E-state index in [1.54, 1.807) is 11.3 Å². The van der Waals surface area contributed by atoms with Gasteiger partial charge in [-0.3, -0.25) is 14.6 Å². The number of halogens is 2. The van der Waals surface area contributed by atoms with E-state index in [1.807, 2.05) is 23.1 Å². The monoisotopic (exact) mass is 402 g/mol. The van der Waals surface area contributed by atoms with Gasteiger partial charge in [-0.15, -0.1) is 11.3 Å². The number of para-hydroxylation sites is 2. The molecule has 8 heteroatoms. The molecule has 0 atom stereocenters. The second-order valence-electron chi connectivity index (χ2n) is 6.77. The molecule has 1 amide bonds. The zero-order chi connectivity index (χ0) is 19.5. The summed E-state index contributed by atoms with van der Waals surface area (Å²) >= 11 is 1.70. The molecule has 146 valence electrons. The van der Waals surface area contributed by atoms with E-state index in [2.05, 4.69) is 21.3 Å². The van der Waals surface area contributed by atoms with E-state index in [0.29, 0.717) is 0 Å². The maximum Gasteiger partial charge on any atom is 0.238 e. The van der Waals surface area contributed by atoms with Crippen LogP contribution in [0.4, 0.5) is 14.5 Å². The number of rotatable bonds is 5. The molecule has 0 unspecified atom stereocenters. The van der Waals surface area contributed by atoms with Gasteiger partial charge in [0.1, 0.15) is 22.3 Å². The van der Waals surface area contributed by atoms with Crippen LogP contribution in [0.1, 0.15) is 5.01 Å². The van der Waals surface area contributed by atoms with Gasteiger partial charge in [-0.05, 0) is 24.3 Å². The lowest BCUT2D eigenvalue weighted by Gasteiger charge is -2.33. The molecular weight excluding hydrogens is 382 g/mol. The van der Waals surface area contributed by atoms with Gasteiger partial charge in [0.15, 0.2) is 0 Å². The number of nitrogens with zero attached hydrogens (tertiary/aromatic N) is 3. The summed E-state index contributed by atoms with van der Waals surface area (Å²) in [7, 11) is 0. The van der Waals surface area contributed by atoms with Crippen LogP contribution in [0.2, 0.25) is 0 Å². The predicted molar refractivity (Wildman–Crippen MR) is 106 cm³/mol.